The Hall–Kier alpha value is -2.77. The number of benzene rings is 1. The normalized spacial score (nSPS) is 11.9. The molecule has 2 heterocycles. The largest absolute Gasteiger partial charge is 0.387 e. The highest BCUT2D eigenvalue weighted by atomic mass is 32.1. The third-order valence-corrected chi connectivity index (χ3v) is 4.43. The molecule has 24 heavy (non-hydrogen) atoms. The van der Waals surface area contributed by atoms with Crippen molar-refractivity contribution >= 4 is 38.9 Å². The first-order valence-corrected chi connectivity index (χ1v) is 8.16. The van der Waals surface area contributed by atoms with Crippen molar-refractivity contribution in [3.05, 3.63) is 59.7 Å². The molecule has 0 fully saturated rings. The number of hydrogen-bond acceptors (Lipinski definition) is 5. The lowest BCUT2D eigenvalue weighted by Crippen LogP contribution is -2.37. The number of aromatic nitrogens is 1. The number of pyridine rings is 1. The van der Waals surface area contributed by atoms with Crippen molar-refractivity contribution in [1.82, 2.24) is 10.3 Å². The topological polar surface area (TPSA) is 91.3 Å². The molecule has 122 valence electrons. The van der Waals surface area contributed by atoms with Crippen LogP contribution >= 0.6 is 11.3 Å². The number of fused-ring (bicyclic) bond motifs is 1. The van der Waals surface area contributed by atoms with Gasteiger partial charge in [-0.2, -0.15) is 0 Å². The predicted molar refractivity (Wildman–Crippen MR) is 92.7 cm³/mol. The number of thiophene rings is 1. The molecule has 0 aliphatic carbocycles. The van der Waals surface area contributed by atoms with Crippen LogP contribution in [0.1, 0.15) is 11.7 Å². The smallest absolute Gasteiger partial charge is 0.313 e. The summed E-state index contributed by atoms with van der Waals surface area (Å²) in [4.78, 5) is 27.5. The van der Waals surface area contributed by atoms with E-state index in [1.165, 1.54) is 17.5 Å². The molecule has 2 amide bonds. The van der Waals surface area contributed by atoms with Gasteiger partial charge in [0.2, 0.25) is 0 Å². The second kappa shape index (κ2) is 7.20. The zero-order valence-electron chi connectivity index (χ0n) is 12.6. The molecular weight excluding hydrogens is 326 g/mol. The Kier molecular flexibility index (Phi) is 4.83. The van der Waals surface area contributed by atoms with Gasteiger partial charge in [-0.1, -0.05) is 18.2 Å². The summed E-state index contributed by atoms with van der Waals surface area (Å²) in [6.45, 7) is -0.0416. The van der Waals surface area contributed by atoms with Gasteiger partial charge in [-0.25, -0.2) is 0 Å². The van der Waals surface area contributed by atoms with Crippen molar-refractivity contribution < 1.29 is 14.7 Å². The number of aliphatic hydroxyl groups excluding tert-OH is 1. The summed E-state index contributed by atoms with van der Waals surface area (Å²) in [5, 5.41) is 18.0. The molecule has 6 nitrogen and oxygen atoms in total. The van der Waals surface area contributed by atoms with Crippen LogP contribution in [0.4, 0.5) is 5.69 Å². The lowest BCUT2D eigenvalue weighted by molar-refractivity contribution is -0.136. The molecule has 0 radical (unpaired) electrons. The highest BCUT2D eigenvalue weighted by Gasteiger charge is 2.18. The van der Waals surface area contributed by atoms with E-state index in [-0.39, 0.29) is 6.54 Å². The van der Waals surface area contributed by atoms with Crippen LogP contribution in [-0.4, -0.2) is 28.4 Å². The van der Waals surface area contributed by atoms with Crippen LogP contribution in [-0.2, 0) is 9.59 Å². The van der Waals surface area contributed by atoms with Gasteiger partial charge in [0.05, 0.1) is 18.0 Å². The Morgan fingerprint density at radius 2 is 2.00 bits per heavy atom. The van der Waals surface area contributed by atoms with Crippen molar-refractivity contribution in [2.24, 2.45) is 0 Å². The van der Waals surface area contributed by atoms with Gasteiger partial charge in [-0.3, -0.25) is 14.6 Å². The van der Waals surface area contributed by atoms with Gasteiger partial charge in [-0.15, -0.1) is 11.3 Å². The Morgan fingerprint density at radius 1 is 1.17 bits per heavy atom. The van der Waals surface area contributed by atoms with Crippen LogP contribution in [0.25, 0.3) is 10.1 Å². The monoisotopic (exact) mass is 341 g/mol. The zero-order chi connectivity index (χ0) is 16.9. The molecule has 0 saturated carbocycles. The molecule has 2 aromatic heterocycles. The van der Waals surface area contributed by atoms with Gasteiger partial charge in [0, 0.05) is 23.0 Å². The van der Waals surface area contributed by atoms with Gasteiger partial charge < -0.3 is 15.7 Å². The van der Waals surface area contributed by atoms with E-state index in [9.17, 15) is 14.7 Å². The first-order chi connectivity index (χ1) is 11.6. The number of carbonyl (C=O) groups excluding carboxylic acids is 2. The number of nitrogens with one attached hydrogen (secondary N) is 2. The van der Waals surface area contributed by atoms with Crippen LogP contribution in [0.3, 0.4) is 0 Å². The van der Waals surface area contributed by atoms with Crippen molar-refractivity contribution in [1.29, 1.82) is 0 Å². The van der Waals surface area contributed by atoms with Gasteiger partial charge in [-0.05, 0) is 29.0 Å². The quantitative estimate of drug-likeness (QED) is 0.634. The van der Waals surface area contributed by atoms with Crippen molar-refractivity contribution in [2.75, 3.05) is 11.9 Å². The number of amides is 2. The van der Waals surface area contributed by atoms with E-state index < -0.39 is 17.9 Å². The maximum absolute atomic E-state index is 11.8. The lowest BCUT2D eigenvalue weighted by atomic mass is 10.1. The zero-order valence-corrected chi connectivity index (χ0v) is 13.4. The minimum atomic E-state index is -0.878. The molecular formula is C17H15N3O3S. The highest BCUT2D eigenvalue weighted by molar-refractivity contribution is 7.17. The summed E-state index contributed by atoms with van der Waals surface area (Å²) in [7, 11) is 0. The summed E-state index contributed by atoms with van der Waals surface area (Å²) in [5.41, 5.74) is 1.17. The summed E-state index contributed by atoms with van der Waals surface area (Å²) in [6.07, 6.45) is 2.13. The fourth-order valence-corrected chi connectivity index (χ4v) is 3.27. The van der Waals surface area contributed by atoms with Crippen molar-refractivity contribution in [2.45, 2.75) is 6.10 Å². The molecule has 7 heteroatoms. The average molecular weight is 341 g/mol. The number of aliphatic hydroxyl groups is 1. The third-order valence-electron chi connectivity index (χ3n) is 3.45. The number of carbonyl (C=O) groups is 2. The summed E-state index contributed by atoms with van der Waals surface area (Å²) in [6, 6.07) is 11.0. The van der Waals surface area contributed by atoms with Crippen molar-refractivity contribution in [3.63, 3.8) is 0 Å². The van der Waals surface area contributed by atoms with E-state index in [1.54, 1.807) is 18.3 Å². The number of nitrogens with zero attached hydrogens (tertiary/aromatic N) is 1. The minimum Gasteiger partial charge on any atom is -0.387 e. The molecule has 1 aromatic carbocycles. The molecule has 1 atom stereocenters. The van der Waals surface area contributed by atoms with E-state index in [1.807, 2.05) is 29.6 Å². The van der Waals surface area contributed by atoms with E-state index in [0.717, 1.165) is 15.6 Å². The lowest BCUT2D eigenvalue weighted by Gasteiger charge is -2.11. The molecule has 3 aromatic rings. The maximum Gasteiger partial charge on any atom is 0.313 e. The number of anilines is 1. The second-order valence-electron chi connectivity index (χ2n) is 5.11. The Balaban J connectivity index is 1.58. The molecule has 0 unspecified atom stereocenters. The highest BCUT2D eigenvalue weighted by Crippen LogP contribution is 2.29. The minimum absolute atomic E-state index is 0.0416. The summed E-state index contributed by atoms with van der Waals surface area (Å²) < 4.78 is 1.06. The average Bonchev–Trinajstić information content (AvgIpc) is 3.04. The predicted octanol–water partition coefficient (Wildman–Crippen LogP) is 2.08. The molecule has 0 aliphatic heterocycles. The Morgan fingerprint density at radius 3 is 2.79 bits per heavy atom. The molecule has 0 aliphatic rings. The van der Waals surface area contributed by atoms with Gasteiger partial charge in [0.1, 0.15) is 0 Å². The molecule has 0 bridgehead atoms. The van der Waals surface area contributed by atoms with E-state index in [2.05, 4.69) is 15.6 Å². The fraction of sp³-hybridized carbons (Fsp3) is 0.118. The third kappa shape index (κ3) is 3.58. The standard InChI is InChI=1S/C17H15N3O3S/c21-14(13-10-24-15-6-2-1-5-12(13)15)9-19-16(22)17(23)20-11-4-3-7-18-8-11/h1-8,10,14,21H,9H2,(H,19,22)(H,20,23)/t14-/m1/s1. The second-order valence-corrected chi connectivity index (χ2v) is 6.02. The molecule has 0 saturated heterocycles. The van der Waals surface area contributed by atoms with Crippen LogP contribution in [0.2, 0.25) is 0 Å². The molecule has 0 spiro atoms. The SMILES string of the molecule is O=C(NC[C@@H](O)c1csc2ccccc12)C(=O)Nc1cccnc1. The van der Waals surface area contributed by atoms with Gasteiger partial charge >= 0.3 is 11.8 Å². The molecule has 3 N–H and O–H groups in total. The maximum atomic E-state index is 11.8. The summed E-state index contributed by atoms with van der Waals surface area (Å²) >= 11 is 1.53. The Labute approximate surface area is 142 Å². The van der Waals surface area contributed by atoms with Crippen LogP contribution < -0.4 is 10.6 Å². The summed E-state index contributed by atoms with van der Waals surface area (Å²) in [5.74, 6) is -1.61. The first-order valence-electron chi connectivity index (χ1n) is 7.28. The van der Waals surface area contributed by atoms with Crippen LogP contribution in [0, 0.1) is 0 Å². The van der Waals surface area contributed by atoms with E-state index in [4.69, 9.17) is 0 Å². The fourth-order valence-electron chi connectivity index (χ4n) is 2.26. The van der Waals surface area contributed by atoms with Crippen LogP contribution in [0.5, 0.6) is 0 Å². The first kappa shape index (κ1) is 16.1. The van der Waals surface area contributed by atoms with E-state index >= 15 is 0 Å². The van der Waals surface area contributed by atoms with Crippen LogP contribution in [0.15, 0.2) is 54.2 Å². The molecule has 3 rings (SSSR count). The van der Waals surface area contributed by atoms with Crippen molar-refractivity contribution in [3.8, 4) is 0 Å². The van der Waals surface area contributed by atoms with E-state index in [0.29, 0.717) is 5.69 Å². The number of hydrogen-bond donors (Lipinski definition) is 3. The number of rotatable bonds is 4. The Bertz CT molecular complexity index is 864. The van der Waals surface area contributed by atoms with Gasteiger partial charge in [0.25, 0.3) is 0 Å². The van der Waals surface area contributed by atoms with Gasteiger partial charge in [0.15, 0.2) is 0 Å².